The number of anilines is 1. The summed E-state index contributed by atoms with van der Waals surface area (Å²) in [6, 6.07) is 7.69. The average molecular weight is 422 g/mol. The fourth-order valence-electron chi connectivity index (χ4n) is 4.57. The SMILES string of the molecule is CC(CC(=O)Nc1ccc(C(=O)N(C)C2CCCCC2)cc1)C1CCCNC1.Cl. The van der Waals surface area contributed by atoms with Crippen molar-refractivity contribution in [2.24, 2.45) is 11.8 Å². The average Bonchev–Trinajstić information content (AvgIpc) is 2.74. The first kappa shape index (κ1) is 23.7. The van der Waals surface area contributed by atoms with E-state index < -0.39 is 0 Å². The van der Waals surface area contributed by atoms with E-state index in [1.165, 1.54) is 32.1 Å². The second-order valence-corrected chi connectivity index (χ2v) is 8.62. The number of amides is 2. The summed E-state index contributed by atoms with van der Waals surface area (Å²) in [5, 5.41) is 6.41. The third kappa shape index (κ3) is 6.71. The largest absolute Gasteiger partial charge is 0.339 e. The molecule has 2 N–H and O–H groups in total. The molecule has 5 nitrogen and oxygen atoms in total. The molecule has 1 aliphatic heterocycles. The number of rotatable bonds is 6. The molecular formula is C23H36ClN3O2. The summed E-state index contributed by atoms with van der Waals surface area (Å²) in [5.74, 6) is 1.08. The van der Waals surface area contributed by atoms with Gasteiger partial charge in [0, 0.05) is 30.8 Å². The molecule has 2 aliphatic rings. The zero-order valence-electron chi connectivity index (χ0n) is 17.8. The zero-order valence-corrected chi connectivity index (χ0v) is 18.6. The fraction of sp³-hybridized carbons (Fsp3) is 0.652. The highest BCUT2D eigenvalue weighted by Gasteiger charge is 2.24. The molecule has 0 spiro atoms. The normalized spacial score (nSPS) is 21.0. The second-order valence-electron chi connectivity index (χ2n) is 8.62. The molecule has 2 atom stereocenters. The molecule has 29 heavy (non-hydrogen) atoms. The molecule has 162 valence electrons. The van der Waals surface area contributed by atoms with E-state index in [1.807, 2.05) is 36.2 Å². The van der Waals surface area contributed by atoms with Gasteiger partial charge in [0.15, 0.2) is 0 Å². The number of hydrogen-bond donors (Lipinski definition) is 2. The van der Waals surface area contributed by atoms with E-state index in [-0.39, 0.29) is 24.2 Å². The van der Waals surface area contributed by atoms with Crippen LogP contribution < -0.4 is 10.6 Å². The number of piperidine rings is 1. The first-order valence-corrected chi connectivity index (χ1v) is 10.9. The molecule has 6 heteroatoms. The minimum atomic E-state index is 0. The monoisotopic (exact) mass is 421 g/mol. The molecule has 1 saturated heterocycles. The van der Waals surface area contributed by atoms with Crippen LogP contribution in [0, 0.1) is 11.8 Å². The van der Waals surface area contributed by atoms with Crippen LogP contribution in [0.25, 0.3) is 0 Å². The van der Waals surface area contributed by atoms with E-state index in [9.17, 15) is 9.59 Å². The molecule has 1 aromatic carbocycles. The maximum Gasteiger partial charge on any atom is 0.253 e. The van der Waals surface area contributed by atoms with E-state index in [0.29, 0.717) is 29.9 Å². The van der Waals surface area contributed by atoms with Crippen LogP contribution in [-0.4, -0.2) is 42.9 Å². The van der Waals surface area contributed by atoms with Gasteiger partial charge in [0.2, 0.25) is 5.91 Å². The van der Waals surface area contributed by atoms with Crippen molar-refractivity contribution in [1.82, 2.24) is 10.2 Å². The van der Waals surface area contributed by atoms with Gasteiger partial charge in [-0.1, -0.05) is 26.2 Å². The minimum absolute atomic E-state index is 0. The van der Waals surface area contributed by atoms with E-state index in [0.717, 1.165) is 31.6 Å². The van der Waals surface area contributed by atoms with Gasteiger partial charge in [0.25, 0.3) is 5.91 Å². The maximum atomic E-state index is 12.7. The lowest BCUT2D eigenvalue weighted by Gasteiger charge is -2.31. The molecule has 0 bridgehead atoms. The molecule has 3 rings (SSSR count). The van der Waals surface area contributed by atoms with Gasteiger partial charge in [-0.3, -0.25) is 9.59 Å². The highest BCUT2D eigenvalue weighted by molar-refractivity contribution is 5.96. The Morgan fingerprint density at radius 1 is 1.10 bits per heavy atom. The van der Waals surface area contributed by atoms with Gasteiger partial charge in [-0.2, -0.15) is 0 Å². The maximum absolute atomic E-state index is 12.7. The topological polar surface area (TPSA) is 61.4 Å². The van der Waals surface area contributed by atoms with Crippen molar-refractivity contribution in [1.29, 1.82) is 0 Å². The predicted molar refractivity (Wildman–Crippen MR) is 121 cm³/mol. The van der Waals surface area contributed by atoms with Crippen LogP contribution in [-0.2, 0) is 4.79 Å². The van der Waals surface area contributed by atoms with Gasteiger partial charge < -0.3 is 15.5 Å². The van der Waals surface area contributed by atoms with Crippen LogP contribution >= 0.6 is 12.4 Å². The predicted octanol–water partition coefficient (Wildman–Crippen LogP) is 4.48. The zero-order chi connectivity index (χ0) is 19.9. The van der Waals surface area contributed by atoms with Crippen molar-refractivity contribution in [3.63, 3.8) is 0 Å². The number of benzene rings is 1. The first-order chi connectivity index (χ1) is 13.5. The Kier molecular flexibility index (Phi) is 9.44. The van der Waals surface area contributed by atoms with E-state index in [2.05, 4.69) is 17.6 Å². The number of hydrogen-bond acceptors (Lipinski definition) is 3. The number of nitrogens with zero attached hydrogens (tertiary/aromatic N) is 1. The Balaban J connectivity index is 0.00000300. The summed E-state index contributed by atoms with van der Waals surface area (Å²) in [4.78, 5) is 27.0. The molecule has 2 unspecified atom stereocenters. The highest BCUT2D eigenvalue weighted by atomic mass is 35.5. The standard InChI is InChI=1S/C23H35N3O2.ClH/c1-17(19-7-6-14-24-16-19)15-22(27)25-20-12-10-18(11-13-20)23(28)26(2)21-8-4-3-5-9-21;/h10-13,17,19,21,24H,3-9,14-16H2,1-2H3,(H,25,27);1H. The lowest BCUT2D eigenvalue weighted by atomic mass is 9.85. The second kappa shape index (κ2) is 11.6. The smallest absolute Gasteiger partial charge is 0.253 e. The van der Waals surface area contributed by atoms with Gasteiger partial charge in [0.1, 0.15) is 0 Å². The van der Waals surface area contributed by atoms with Crippen LogP contribution in [0.3, 0.4) is 0 Å². The van der Waals surface area contributed by atoms with Crippen LogP contribution in [0.1, 0.15) is 68.6 Å². The number of halogens is 1. The summed E-state index contributed by atoms with van der Waals surface area (Å²) in [7, 11) is 1.91. The number of nitrogens with one attached hydrogen (secondary N) is 2. The number of carbonyl (C=O) groups excluding carboxylic acids is 2. The molecule has 1 aromatic rings. The van der Waals surface area contributed by atoms with Crippen molar-refractivity contribution in [2.75, 3.05) is 25.5 Å². The molecule has 2 amide bonds. The van der Waals surface area contributed by atoms with E-state index in [4.69, 9.17) is 0 Å². The molecule has 0 radical (unpaired) electrons. The first-order valence-electron chi connectivity index (χ1n) is 10.9. The summed E-state index contributed by atoms with van der Waals surface area (Å²) in [6.07, 6.45) is 8.84. The lowest BCUT2D eigenvalue weighted by Crippen LogP contribution is -2.38. The molecule has 1 saturated carbocycles. The minimum Gasteiger partial charge on any atom is -0.339 e. The van der Waals surface area contributed by atoms with Gasteiger partial charge >= 0.3 is 0 Å². The Morgan fingerprint density at radius 3 is 2.41 bits per heavy atom. The third-order valence-corrected chi connectivity index (χ3v) is 6.51. The van der Waals surface area contributed by atoms with Crippen molar-refractivity contribution >= 4 is 29.9 Å². The fourth-order valence-corrected chi connectivity index (χ4v) is 4.57. The summed E-state index contributed by atoms with van der Waals surface area (Å²) in [5.41, 5.74) is 1.45. The van der Waals surface area contributed by atoms with Crippen molar-refractivity contribution < 1.29 is 9.59 Å². The Hall–Kier alpha value is -1.59. The van der Waals surface area contributed by atoms with Crippen LogP contribution in [0.4, 0.5) is 5.69 Å². The molecule has 1 heterocycles. The van der Waals surface area contributed by atoms with E-state index >= 15 is 0 Å². The molecule has 1 aliphatic carbocycles. The molecule has 0 aromatic heterocycles. The van der Waals surface area contributed by atoms with Crippen LogP contribution in [0.2, 0.25) is 0 Å². The van der Waals surface area contributed by atoms with Gasteiger partial charge in [-0.15, -0.1) is 12.4 Å². The Bertz CT molecular complexity index is 653. The summed E-state index contributed by atoms with van der Waals surface area (Å²) in [6.45, 7) is 4.27. The molecule has 2 fully saturated rings. The molecular weight excluding hydrogens is 386 g/mol. The Morgan fingerprint density at radius 2 is 1.79 bits per heavy atom. The van der Waals surface area contributed by atoms with E-state index in [1.54, 1.807) is 0 Å². The van der Waals surface area contributed by atoms with Crippen molar-refractivity contribution in [3.05, 3.63) is 29.8 Å². The van der Waals surface area contributed by atoms with Crippen LogP contribution in [0.15, 0.2) is 24.3 Å². The highest BCUT2D eigenvalue weighted by Crippen LogP contribution is 2.24. The number of carbonyl (C=O) groups is 2. The summed E-state index contributed by atoms with van der Waals surface area (Å²) >= 11 is 0. The quantitative estimate of drug-likeness (QED) is 0.711. The van der Waals surface area contributed by atoms with Crippen molar-refractivity contribution in [2.45, 2.75) is 64.3 Å². The van der Waals surface area contributed by atoms with Gasteiger partial charge in [0.05, 0.1) is 0 Å². The summed E-state index contributed by atoms with van der Waals surface area (Å²) < 4.78 is 0. The third-order valence-electron chi connectivity index (χ3n) is 6.51. The van der Waals surface area contributed by atoms with Gasteiger partial charge in [-0.05, 0) is 74.9 Å². The lowest BCUT2D eigenvalue weighted by molar-refractivity contribution is -0.117. The van der Waals surface area contributed by atoms with Gasteiger partial charge in [-0.25, -0.2) is 0 Å². The van der Waals surface area contributed by atoms with Crippen molar-refractivity contribution in [3.8, 4) is 0 Å². The van der Waals surface area contributed by atoms with Crippen LogP contribution in [0.5, 0.6) is 0 Å². The Labute approximate surface area is 181 Å².